The molecule has 0 aliphatic rings. The van der Waals surface area contributed by atoms with Gasteiger partial charge in [0.15, 0.2) is 6.61 Å². The smallest absolute Gasteiger partial charge is 0.341 e. The summed E-state index contributed by atoms with van der Waals surface area (Å²) in [6.07, 6.45) is 0. The Labute approximate surface area is 152 Å². The Bertz CT molecular complexity index is 824. The number of aryl methyl sites for hydroxylation is 1. The van der Waals surface area contributed by atoms with E-state index in [4.69, 9.17) is 4.74 Å². The topological polar surface area (TPSA) is 102 Å². The molecule has 2 rings (SSSR count). The van der Waals surface area contributed by atoms with Gasteiger partial charge in [0.05, 0.1) is 10.4 Å². The molecule has 0 aromatic carbocycles. The van der Waals surface area contributed by atoms with Crippen molar-refractivity contribution in [3.8, 4) is 0 Å². The summed E-state index contributed by atoms with van der Waals surface area (Å²) in [6, 6.07) is 3.27. The Morgan fingerprint density at radius 2 is 1.92 bits per heavy atom. The van der Waals surface area contributed by atoms with Crippen molar-refractivity contribution in [2.75, 3.05) is 11.9 Å². The van der Waals surface area contributed by atoms with E-state index in [1.165, 1.54) is 29.6 Å². The number of anilines is 1. The van der Waals surface area contributed by atoms with Crippen LogP contribution in [0.5, 0.6) is 0 Å². The third-order valence-corrected chi connectivity index (χ3v) is 5.20. The van der Waals surface area contributed by atoms with Crippen molar-refractivity contribution < 1.29 is 23.9 Å². The minimum atomic E-state index is -0.732. The normalized spacial score (nSPS) is 10.2. The lowest BCUT2D eigenvalue weighted by molar-refractivity contribution is -0.123. The molecule has 3 amide bonds. The second-order valence-electron chi connectivity index (χ2n) is 5.10. The lowest BCUT2D eigenvalue weighted by Crippen LogP contribution is -2.33. The molecule has 2 heterocycles. The van der Waals surface area contributed by atoms with E-state index < -0.39 is 24.4 Å². The number of imide groups is 1. The van der Waals surface area contributed by atoms with Crippen LogP contribution in [0, 0.1) is 13.8 Å². The van der Waals surface area contributed by atoms with Crippen LogP contribution in [-0.2, 0) is 14.3 Å². The number of nitrogens with one attached hydrogen (secondary N) is 2. The summed E-state index contributed by atoms with van der Waals surface area (Å²) in [5, 5.41) is 6.81. The molecule has 0 unspecified atom stereocenters. The Morgan fingerprint density at radius 3 is 2.52 bits per heavy atom. The summed E-state index contributed by atoms with van der Waals surface area (Å²) in [7, 11) is 0. The molecule has 7 nitrogen and oxygen atoms in total. The van der Waals surface area contributed by atoms with Gasteiger partial charge in [0, 0.05) is 11.8 Å². The largest absolute Gasteiger partial charge is 0.452 e. The molecule has 0 saturated heterocycles. The van der Waals surface area contributed by atoms with Crippen molar-refractivity contribution in [2.24, 2.45) is 0 Å². The first kappa shape index (κ1) is 18.8. The number of rotatable bonds is 5. The zero-order valence-electron chi connectivity index (χ0n) is 13.8. The third kappa shape index (κ3) is 4.74. The fourth-order valence-corrected chi connectivity index (χ4v) is 3.67. The predicted molar refractivity (Wildman–Crippen MR) is 95.2 cm³/mol. The monoisotopic (exact) mass is 380 g/mol. The SMILES string of the molecule is CC(=O)Nc1sc(C)c(C)c1C(=O)OCC(=O)NC(=O)c1cccs1. The first-order chi connectivity index (χ1) is 11.8. The Kier molecular flexibility index (Phi) is 6.05. The molecule has 0 bridgehead atoms. The number of hydrogen-bond acceptors (Lipinski definition) is 7. The van der Waals surface area contributed by atoms with E-state index in [0.29, 0.717) is 15.4 Å². The van der Waals surface area contributed by atoms with E-state index >= 15 is 0 Å². The first-order valence-electron chi connectivity index (χ1n) is 7.22. The van der Waals surface area contributed by atoms with Gasteiger partial charge < -0.3 is 10.1 Å². The molecule has 2 aromatic rings. The Balaban J connectivity index is 1.99. The Hall–Kier alpha value is -2.52. The second-order valence-corrected chi connectivity index (χ2v) is 7.27. The van der Waals surface area contributed by atoms with Crippen molar-refractivity contribution in [1.29, 1.82) is 0 Å². The first-order valence-corrected chi connectivity index (χ1v) is 8.91. The van der Waals surface area contributed by atoms with Crippen molar-refractivity contribution in [3.05, 3.63) is 38.4 Å². The van der Waals surface area contributed by atoms with Crippen LogP contribution in [0.2, 0.25) is 0 Å². The van der Waals surface area contributed by atoms with Crippen LogP contribution in [0.4, 0.5) is 5.00 Å². The lowest BCUT2D eigenvalue weighted by Gasteiger charge is -2.07. The van der Waals surface area contributed by atoms with Crippen molar-refractivity contribution in [2.45, 2.75) is 20.8 Å². The zero-order valence-corrected chi connectivity index (χ0v) is 15.4. The number of amides is 3. The molecule has 9 heteroatoms. The summed E-state index contributed by atoms with van der Waals surface area (Å²) < 4.78 is 4.98. The van der Waals surface area contributed by atoms with Gasteiger partial charge in [-0.15, -0.1) is 22.7 Å². The number of thiophene rings is 2. The highest BCUT2D eigenvalue weighted by atomic mass is 32.1. The average molecular weight is 380 g/mol. The van der Waals surface area contributed by atoms with Crippen LogP contribution in [-0.4, -0.2) is 30.3 Å². The van der Waals surface area contributed by atoms with Crippen LogP contribution in [0.15, 0.2) is 17.5 Å². The van der Waals surface area contributed by atoms with Crippen LogP contribution in [0.3, 0.4) is 0 Å². The number of ether oxygens (including phenoxy) is 1. The van der Waals surface area contributed by atoms with Crippen LogP contribution < -0.4 is 10.6 Å². The van der Waals surface area contributed by atoms with Gasteiger partial charge in [-0.3, -0.25) is 19.7 Å². The highest BCUT2D eigenvalue weighted by molar-refractivity contribution is 7.16. The van der Waals surface area contributed by atoms with E-state index in [9.17, 15) is 19.2 Å². The van der Waals surface area contributed by atoms with Crippen LogP contribution in [0.25, 0.3) is 0 Å². The van der Waals surface area contributed by atoms with Crippen molar-refractivity contribution in [1.82, 2.24) is 5.32 Å². The maximum atomic E-state index is 12.3. The van der Waals surface area contributed by atoms with Gasteiger partial charge in [-0.1, -0.05) is 6.07 Å². The van der Waals surface area contributed by atoms with Gasteiger partial charge >= 0.3 is 5.97 Å². The van der Waals surface area contributed by atoms with E-state index in [1.807, 2.05) is 6.92 Å². The summed E-state index contributed by atoms with van der Waals surface area (Å²) >= 11 is 2.45. The van der Waals surface area contributed by atoms with E-state index in [1.54, 1.807) is 24.4 Å². The van der Waals surface area contributed by atoms with Gasteiger partial charge in [-0.2, -0.15) is 0 Å². The summed E-state index contributed by atoms with van der Waals surface area (Å²) in [5.74, 6) is -2.31. The number of carbonyl (C=O) groups excluding carboxylic acids is 4. The molecule has 0 spiro atoms. The molecule has 25 heavy (non-hydrogen) atoms. The van der Waals surface area contributed by atoms with Gasteiger partial charge in [-0.25, -0.2) is 4.79 Å². The molecule has 132 valence electrons. The zero-order chi connectivity index (χ0) is 18.6. The maximum Gasteiger partial charge on any atom is 0.341 e. The highest BCUT2D eigenvalue weighted by Crippen LogP contribution is 2.32. The fraction of sp³-hybridized carbons (Fsp3) is 0.250. The number of hydrogen-bond donors (Lipinski definition) is 2. The molecule has 0 aliphatic heterocycles. The quantitative estimate of drug-likeness (QED) is 0.776. The molecule has 0 aliphatic carbocycles. The molecule has 0 saturated carbocycles. The molecule has 0 radical (unpaired) electrons. The summed E-state index contributed by atoms with van der Waals surface area (Å²) in [6.45, 7) is 4.29. The second kappa shape index (κ2) is 8.04. The fourth-order valence-electron chi connectivity index (χ4n) is 1.96. The molecule has 0 atom stereocenters. The number of carbonyl (C=O) groups is 4. The van der Waals surface area contributed by atoms with Crippen LogP contribution >= 0.6 is 22.7 Å². The Morgan fingerprint density at radius 1 is 1.20 bits per heavy atom. The third-order valence-electron chi connectivity index (χ3n) is 3.21. The van der Waals surface area contributed by atoms with Crippen molar-refractivity contribution >= 4 is 51.4 Å². The van der Waals surface area contributed by atoms with Gasteiger partial charge in [0.1, 0.15) is 5.00 Å². The van der Waals surface area contributed by atoms with Gasteiger partial charge in [0.25, 0.3) is 11.8 Å². The minimum absolute atomic E-state index is 0.218. The van der Waals surface area contributed by atoms with E-state index in [-0.39, 0.29) is 11.5 Å². The number of esters is 1. The van der Waals surface area contributed by atoms with E-state index in [0.717, 1.165) is 4.88 Å². The van der Waals surface area contributed by atoms with Gasteiger partial charge in [-0.05, 0) is 30.9 Å². The summed E-state index contributed by atoms with van der Waals surface area (Å²) in [4.78, 5) is 48.3. The molecule has 2 N–H and O–H groups in total. The van der Waals surface area contributed by atoms with Crippen LogP contribution in [0.1, 0.15) is 37.4 Å². The summed E-state index contributed by atoms with van der Waals surface area (Å²) in [5.41, 5.74) is 0.893. The highest BCUT2D eigenvalue weighted by Gasteiger charge is 2.22. The minimum Gasteiger partial charge on any atom is -0.452 e. The lowest BCUT2D eigenvalue weighted by atomic mass is 10.1. The van der Waals surface area contributed by atoms with Crippen molar-refractivity contribution in [3.63, 3.8) is 0 Å². The molecule has 2 aromatic heterocycles. The molecular formula is C16H16N2O5S2. The average Bonchev–Trinajstić information content (AvgIpc) is 3.14. The van der Waals surface area contributed by atoms with E-state index in [2.05, 4.69) is 10.6 Å². The molecule has 0 fully saturated rings. The predicted octanol–water partition coefficient (Wildman–Crippen LogP) is 2.50. The maximum absolute atomic E-state index is 12.3. The standard InChI is InChI=1S/C16H16N2O5S2/c1-8-9(2)25-15(17-10(3)19)13(8)16(22)23-7-12(20)18-14(21)11-5-4-6-24-11/h4-6H,7H2,1-3H3,(H,17,19)(H,18,20,21). The van der Waals surface area contributed by atoms with Gasteiger partial charge in [0.2, 0.25) is 5.91 Å². The molecular weight excluding hydrogens is 364 g/mol.